The largest absolute Gasteiger partial charge is 0.386 e. The van der Waals surface area contributed by atoms with Gasteiger partial charge in [0.2, 0.25) is 5.91 Å². The minimum atomic E-state index is -0.638. The van der Waals surface area contributed by atoms with E-state index in [1.807, 2.05) is 59.6 Å². The molecule has 1 amide bonds. The van der Waals surface area contributed by atoms with E-state index in [1.54, 1.807) is 4.90 Å². The minimum absolute atomic E-state index is 0.0967. The number of aliphatic hydroxyl groups is 1. The van der Waals surface area contributed by atoms with Gasteiger partial charge in [0, 0.05) is 41.9 Å². The Morgan fingerprint density at radius 3 is 2.80 bits per heavy atom. The molecular weight excluding hydrogens is 352 g/mol. The van der Waals surface area contributed by atoms with Crippen molar-refractivity contribution in [2.75, 3.05) is 24.6 Å². The van der Waals surface area contributed by atoms with Gasteiger partial charge in [-0.25, -0.2) is 0 Å². The van der Waals surface area contributed by atoms with Gasteiger partial charge in [-0.05, 0) is 17.0 Å². The second kappa shape index (κ2) is 9.38. The zero-order chi connectivity index (χ0) is 17.5. The van der Waals surface area contributed by atoms with Gasteiger partial charge in [0.25, 0.3) is 0 Å². The summed E-state index contributed by atoms with van der Waals surface area (Å²) in [6.07, 6.45) is -0.155. The molecule has 4 nitrogen and oxygen atoms in total. The topological polar surface area (TPSA) is 52.6 Å². The SMILES string of the molecule is O=C(CC1CSCCN1)N(Cc1ccccc1)CC(O)c1cccs1. The monoisotopic (exact) mass is 376 g/mol. The molecule has 2 N–H and O–H groups in total. The molecule has 25 heavy (non-hydrogen) atoms. The van der Waals surface area contributed by atoms with E-state index < -0.39 is 6.10 Å². The Bertz CT molecular complexity index is 643. The van der Waals surface area contributed by atoms with Gasteiger partial charge in [-0.2, -0.15) is 11.8 Å². The fourth-order valence-electron chi connectivity index (χ4n) is 2.93. The van der Waals surface area contributed by atoms with Crippen molar-refractivity contribution in [3.8, 4) is 0 Å². The van der Waals surface area contributed by atoms with E-state index in [2.05, 4.69) is 5.32 Å². The molecule has 0 aliphatic carbocycles. The first kappa shape index (κ1) is 18.5. The van der Waals surface area contributed by atoms with E-state index in [9.17, 15) is 9.90 Å². The van der Waals surface area contributed by atoms with Crippen LogP contribution in [0.15, 0.2) is 47.8 Å². The summed E-state index contributed by atoms with van der Waals surface area (Å²) in [7, 11) is 0. The molecule has 1 saturated heterocycles. The van der Waals surface area contributed by atoms with Gasteiger partial charge in [0.1, 0.15) is 6.10 Å². The van der Waals surface area contributed by atoms with E-state index in [0.717, 1.165) is 28.5 Å². The number of hydrogen-bond donors (Lipinski definition) is 2. The van der Waals surface area contributed by atoms with E-state index >= 15 is 0 Å². The molecule has 134 valence electrons. The second-order valence-electron chi connectivity index (χ2n) is 6.22. The highest BCUT2D eigenvalue weighted by atomic mass is 32.2. The summed E-state index contributed by atoms with van der Waals surface area (Å²) >= 11 is 3.41. The number of carbonyl (C=O) groups is 1. The predicted octanol–water partition coefficient (Wildman–Crippen LogP) is 2.91. The van der Waals surface area contributed by atoms with E-state index in [0.29, 0.717) is 19.5 Å². The number of rotatable bonds is 7. The van der Waals surface area contributed by atoms with Crippen LogP contribution < -0.4 is 5.32 Å². The third-order valence-electron chi connectivity index (χ3n) is 4.25. The quantitative estimate of drug-likeness (QED) is 0.780. The van der Waals surface area contributed by atoms with Crippen LogP contribution >= 0.6 is 23.1 Å². The van der Waals surface area contributed by atoms with Crippen molar-refractivity contribution in [2.24, 2.45) is 0 Å². The number of thioether (sulfide) groups is 1. The van der Waals surface area contributed by atoms with E-state index in [-0.39, 0.29) is 11.9 Å². The third-order valence-corrected chi connectivity index (χ3v) is 6.36. The molecule has 2 unspecified atom stereocenters. The Morgan fingerprint density at radius 2 is 2.12 bits per heavy atom. The molecule has 2 aromatic rings. The van der Waals surface area contributed by atoms with Crippen LogP contribution in [0.2, 0.25) is 0 Å². The molecule has 0 radical (unpaired) electrons. The maximum Gasteiger partial charge on any atom is 0.224 e. The smallest absolute Gasteiger partial charge is 0.224 e. The van der Waals surface area contributed by atoms with Gasteiger partial charge < -0.3 is 15.3 Å². The van der Waals surface area contributed by atoms with Gasteiger partial charge in [0.15, 0.2) is 0 Å². The molecule has 0 bridgehead atoms. The Morgan fingerprint density at radius 1 is 1.28 bits per heavy atom. The molecule has 1 aromatic carbocycles. The maximum atomic E-state index is 12.9. The van der Waals surface area contributed by atoms with Crippen LogP contribution in [-0.4, -0.2) is 46.6 Å². The lowest BCUT2D eigenvalue weighted by Crippen LogP contribution is -2.43. The summed E-state index contributed by atoms with van der Waals surface area (Å²) < 4.78 is 0. The lowest BCUT2D eigenvalue weighted by molar-refractivity contribution is -0.133. The van der Waals surface area contributed by atoms with Crippen LogP contribution in [0, 0.1) is 0 Å². The lowest BCUT2D eigenvalue weighted by Gasteiger charge is -2.29. The number of nitrogens with zero attached hydrogens (tertiary/aromatic N) is 1. The molecule has 6 heteroatoms. The van der Waals surface area contributed by atoms with Gasteiger partial charge in [0.05, 0.1) is 6.54 Å². The maximum absolute atomic E-state index is 12.9. The van der Waals surface area contributed by atoms with E-state index in [1.165, 1.54) is 11.3 Å². The highest BCUT2D eigenvalue weighted by Crippen LogP contribution is 2.21. The summed E-state index contributed by atoms with van der Waals surface area (Å²) in [5.41, 5.74) is 1.08. The van der Waals surface area contributed by atoms with Crippen molar-refractivity contribution in [1.82, 2.24) is 10.2 Å². The van der Waals surface area contributed by atoms with Crippen LogP contribution in [0.3, 0.4) is 0 Å². The van der Waals surface area contributed by atoms with Crippen molar-refractivity contribution in [2.45, 2.75) is 25.1 Å². The average Bonchev–Trinajstić information content (AvgIpc) is 3.18. The van der Waals surface area contributed by atoms with E-state index in [4.69, 9.17) is 0 Å². The Labute approximate surface area is 157 Å². The Hall–Kier alpha value is -1.34. The molecule has 0 saturated carbocycles. The number of benzene rings is 1. The molecule has 0 spiro atoms. The van der Waals surface area contributed by atoms with Crippen LogP contribution in [0.5, 0.6) is 0 Å². The molecule has 2 heterocycles. The summed E-state index contributed by atoms with van der Waals surface area (Å²) in [6.45, 7) is 1.81. The van der Waals surface area contributed by atoms with Crippen molar-refractivity contribution >= 4 is 29.0 Å². The number of thiophene rings is 1. The molecule has 2 atom stereocenters. The summed E-state index contributed by atoms with van der Waals surface area (Å²) in [4.78, 5) is 15.6. The third kappa shape index (κ3) is 5.57. The fourth-order valence-corrected chi connectivity index (χ4v) is 4.58. The van der Waals surface area contributed by atoms with Crippen LogP contribution in [0.4, 0.5) is 0 Å². The first-order valence-corrected chi connectivity index (χ1v) is 10.6. The average molecular weight is 377 g/mol. The number of nitrogens with one attached hydrogen (secondary N) is 1. The van der Waals surface area contributed by atoms with Crippen LogP contribution in [0.1, 0.15) is 23.0 Å². The highest BCUT2D eigenvalue weighted by molar-refractivity contribution is 7.99. The van der Waals surface area contributed by atoms with Gasteiger partial charge in [-0.15, -0.1) is 11.3 Å². The standard InChI is InChI=1S/C19H24N2O2S2/c22-17(18-7-4-9-25-18)13-21(12-15-5-2-1-3-6-15)19(23)11-16-14-24-10-8-20-16/h1-7,9,16-17,20,22H,8,10-14H2. The van der Waals surface area contributed by atoms with Crippen molar-refractivity contribution in [3.05, 3.63) is 58.3 Å². The number of hydrogen-bond acceptors (Lipinski definition) is 5. The van der Waals surface area contributed by atoms with Gasteiger partial charge in [-0.1, -0.05) is 36.4 Å². The number of amides is 1. The normalized spacial score (nSPS) is 18.7. The zero-order valence-electron chi connectivity index (χ0n) is 14.1. The summed E-state index contributed by atoms with van der Waals surface area (Å²) in [5, 5.41) is 15.9. The number of aliphatic hydroxyl groups excluding tert-OH is 1. The summed E-state index contributed by atoms with van der Waals surface area (Å²) in [5.74, 6) is 2.17. The zero-order valence-corrected chi connectivity index (χ0v) is 15.8. The summed E-state index contributed by atoms with van der Waals surface area (Å²) in [6, 6.07) is 14.0. The van der Waals surface area contributed by atoms with Gasteiger partial charge in [-0.3, -0.25) is 4.79 Å². The van der Waals surface area contributed by atoms with Crippen molar-refractivity contribution < 1.29 is 9.90 Å². The Kier molecular flexibility index (Phi) is 6.93. The van der Waals surface area contributed by atoms with Gasteiger partial charge >= 0.3 is 0 Å². The highest BCUT2D eigenvalue weighted by Gasteiger charge is 2.23. The molecule has 1 aliphatic rings. The Balaban J connectivity index is 1.67. The van der Waals surface area contributed by atoms with Crippen LogP contribution in [0.25, 0.3) is 0 Å². The van der Waals surface area contributed by atoms with Crippen molar-refractivity contribution in [1.29, 1.82) is 0 Å². The second-order valence-corrected chi connectivity index (χ2v) is 8.35. The predicted molar refractivity (Wildman–Crippen MR) is 105 cm³/mol. The van der Waals surface area contributed by atoms with Crippen LogP contribution in [-0.2, 0) is 11.3 Å². The van der Waals surface area contributed by atoms with Crippen molar-refractivity contribution in [3.63, 3.8) is 0 Å². The lowest BCUT2D eigenvalue weighted by atomic mass is 10.1. The molecule has 3 rings (SSSR count). The minimum Gasteiger partial charge on any atom is -0.386 e. The molecule has 1 aliphatic heterocycles. The molecule has 1 fully saturated rings. The number of carbonyl (C=O) groups excluding carboxylic acids is 1. The first-order valence-electron chi connectivity index (χ1n) is 8.56. The molecule has 1 aromatic heterocycles. The fraction of sp³-hybridized carbons (Fsp3) is 0.421. The molecular formula is C19H24N2O2S2. The first-order chi connectivity index (χ1) is 12.2.